The minimum Gasteiger partial charge on any atom is -0.339 e. The van der Waals surface area contributed by atoms with Gasteiger partial charge in [-0.15, -0.1) is 0 Å². The lowest BCUT2D eigenvalue weighted by molar-refractivity contribution is -0.140. The Labute approximate surface area is 95.8 Å². The summed E-state index contributed by atoms with van der Waals surface area (Å²) < 4.78 is 0. The van der Waals surface area contributed by atoms with Crippen LogP contribution in [-0.2, 0) is 4.79 Å². The molecule has 0 bridgehead atoms. The van der Waals surface area contributed by atoms with Gasteiger partial charge in [0.25, 0.3) is 0 Å². The highest BCUT2D eigenvalue weighted by Gasteiger charge is 2.43. The van der Waals surface area contributed by atoms with Gasteiger partial charge in [0, 0.05) is 24.1 Å². The molecule has 1 unspecified atom stereocenters. The van der Waals surface area contributed by atoms with E-state index in [0.717, 1.165) is 44.5 Å². The first-order chi connectivity index (χ1) is 7.15. The van der Waals surface area contributed by atoms with E-state index in [9.17, 15) is 4.79 Å². The molecule has 1 heterocycles. The first-order valence-electron chi connectivity index (χ1n) is 5.85. The molecule has 1 atom stereocenters. The van der Waals surface area contributed by atoms with Gasteiger partial charge < -0.3 is 10.6 Å². The van der Waals surface area contributed by atoms with Gasteiger partial charge >= 0.3 is 0 Å². The molecule has 2 fully saturated rings. The summed E-state index contributed by atoms with van der Waals surface area (Å²) in [6, 6.07) is 0. The molecule has 0 aromatic rings. The number of amides is 1. The minimum absolute atomic E-state index is 0.201. The molecule has 0 aromatic carbocycles. The summed E-state index contributed by atoms with van der Waals surface area (Å²) >= 11 is 1.99. The Bertz CT molecular complexity index is 253. The average molecular weight is 228 g/mol. The normalized spacial score (nSPS) is 29.7. The summed E-state index contributed by atoms with van der Waals surface area (Å²) in [4.78, 5) is 14.1. The molecular weight excluding hydrogens is 208 g/mol. The molecule has 15 heavy (non-hydrogen) atoms. The Morgan fingerprint density at radius 2 is 2.33 bits per heavy atom. The van der Waals surface area contributed by atoms with Crippen LogP contribution in [0, 0.1) is 0 Å². The number of carbonyl (C=O) groups excluding carboxylic acids is 1. The van der Waals surface area contributed by atoms with Gasteiger partial charge in [-0.2, -0.15) is 11.8 Å². The smallest absolute Gasteiger partial charge is 0.242 e. The van der Waals surface area contributed by atoms with E-state index in [1.54, 1.807) is 0 Å². The van der Waals surface area contributed by atoms with Crippen molar-refractivity contribution < 1.29 is 4.79 Å². The molecule has 0 radical (unpaired) electrons. The third-order valence-corrected chi connectivity index (χ3v) is 4.93. The highest BCUT2D eigenvalue weighted by atomic mass is 32.2. The summed E-state index contributed by atoms with van der Waals surface area (Å²) in [5.41, 5.74) is 5.57. The third kappa shape index (κ3) is 2.16. The van der Waals surface area contributed by atoms with Crippen LogP contribution >= 0.6 is 11.8 Å². The lowest BCUT2D eigenvalue weighted by Gasteiger charge is -2.42. The van der Waals surface area contributed by atoms with Gasteiger partial charge in [-0.25, -0.2) is 0 Å². The van der Waals surface area contributed by atoms with Crippen LogP contribution in [0.1, 0.15) is 32.6 Å². The predicted molar refractivity (Wildman–Crippen MR) is 63.9 cm³/mol. The van der Waals surface area contributed by atoms with Crippen LogP contribution in [0.3, 0.4) is 0 Å². The Morgan fingerprint density at radius 3 is 2.87 bits per heavy atom. The second-order valence-corrected chi connectivity index (χ2v) is 6.07. The number of nitrogens with two attached hydrogens (primary N) is 1. The molecule has 2 aliphatic rings. The molecular formula is C11H20N2OS. The van der Waals surface area contributed by atoms with Crippen molar-refractivity contribution in [2.45, 2.75) is 43.4 Å². The molecule has 1 amide bonds. The van der Waals surface area contributed by atoms with Crippen LogP contribution in [0.5, 0.6) is 0 Å². The average Bonchev–Trinajstić information content (AvgIpc) is 2.25. The highest BCUT2D eigenvalue weighted by Crippen LogP contribution is 2.32. The zero-order chi connectivity index (χ0) is 10.9. The summed E-state index contributed by atoms with van der Waals surface area (Å²) in [7, 11) is 0. The van der Waals surface area contributed by atoms with Crippen LogP contribution in [0.2, 0.25) is 0 Å². The van der Waals surface area contributed by atoms with E-state index in [1.807, 2.05) is 16.7 Å². The molecule has 86 valence electrons. The summed E-state index contributed by atoms with van der Waals surface area (Å²) in [6.07, 6.45) is 4.02. The SMILES string of the molecule is CCC1CN(C(=O)C2(N)CCC2)CCS1. The summed E-state index contributed by atoms with van der Waals surface area (Å²) in [5, 5.41) is 0.617. The Hall–Kier alpha value is -0.220. The molecule has 0 aromatic heterocycles. The van der Waals surface area contributed by atoms with Crippen LogP contribution in [0.25, 0.3) is 0 Å². The quantitative estimate of drug-likeness (QED) is 0.773. The molecule has 1 aliphatic heterocycles. The van der Waals surface area contributed by atoms with E-state index in [0.29, 0.717) is 5.25 Å². The number of hydrogen-bond donors (Lipinski definition) is 1. The van der Waals surface area contributed by atoms with Gasteiger partial charge in [-0.05, 0) is 25.7 Å². The maximum absolute atomic E-state index is 12.2. The minimum atomic E-state index is -0.500. The zero-order valence-corrected chi connectivity index (χ0v) is 10.2. The monoisotopic (exact) mass is 228 g/mol. The van der Waals surface area contributed by atoms with E-state index in [4.69, 9.17) is 5.73 Å². The van der Waals surface area contributed by atoms with E-state index in [2.05, 4.69) is 6.92 Å². The lowest BCUT2D eigenvalue weighted by Crippen LogP contribution is -2.61. The molecule has 4 heteroatoms. The number of rotatable bonds is 2. The van der Waals surface area contributed by atoms with Crippen molar-refractivity contribution in [3.8, 4) is 0 Å². The van der Waals surface area contributed by atoms with Crippen LogP contribution in [0.4, 0.5) is 0 Å². The highest BCUT2D eigenvalue weighted by molar-refractivity contribution is 8.00. The fraction of sp³-hybridized carbons (Fsp3) is 0.909. The molecule has 1 saturated heterocycles. The predicted octanol–water partition coefficient (Wildman–Crippen LogP) is 1.22. The fourth-order valence-corrected chi connectivity index (χ4v) is 3.42. The van der Waals surface area contributed by atoms with E-state index >= 15 is 0 Å². The van der Waals surface area contributed by atoms with Gasteiger partial charge in [-0.1, -0.05) is 6.92 Å². The maximum atomic E-state index is 12.2. The van der Waals surface area contributed by atoms with Crippen molar-refractivity contribution in [3.63, 3.8) is 0 Å². The second-order valence-electron chi connectivity index (χ2n) is 4.66. The molecule has 2 N–H and O–H groups in total. The van der Waals surface area contributed by atoms with Crippen LogP contribution in [0.15, 0.2) is 0 Å². The van der Waals surface area contributed by atoms with Crippen LogP contribution < -0.4 is 5.73 Å². The van der Waals surface area contributed by atoms with E-state index < -0.39 is 5.54 Å². The van der Waals surface area contributed by atoms with Gasteiger partial charge in [0.1, 0.15) is 0 Å². The summed E-state index contributed by atoms with van der Waals surface area (Å²) in [5.74, 6) is 1.27. The molecule has 1 aliphatic carbocycles. The van der Waals surface area contributed by atoms with Crippen molar-refractivity contribution in [1.82, 2.24) is 4.90 Å². The molecule has 3 nitrogen and oxygen atoms in total. The number of thioether (sulfide) groups is 1. The second kappa shape index (κ2) is 4.34. The Balaban J connectivity index is 1.95. The van der Waals surface area contributed by atoms with Gasteiger partial charge in [0.05, 0.1) is 5.54 Å². The van der Waals surface area contributed by atoms with Crippen molar-refractivity contribution >= 4 is 17.7 Å². The largest absolute Gasteiger partial charge is 0.339 e. The topological polar surface area (TPSA) is 46.3 Å². The van der Waals surface area contributed by atoms with Crippen molar-refractivity contribution in [2.24, 2.45) is 5.73 Å². The van der Waals surface area contributed by atoms with Crippen LogP contribution in [-0.4, -0.2) is 40.4 Å². The molecule has 2 rings (SSSR count). The Morgan fingerprint density at radius 1 is 1.60 bits per heavy atom. The van der Waals surface area contributed by atoms with E-state index in [1.165, 1.54) is 0 Å². The molecule has 0 spiro atoms. The van der Waals surface area contributed by atoms with Crippen molar-refractivity contribution in [1.29, 1.82) is 0 Å². The number of nitrogens with zero attached hydrogens (tertiary/aromatic N) is 1. The fourth-order valence-electron chi connectivity index (χ4n) is 2.24. The van der Waals surface area contributed by atoms with Gasteiger partial charge in [-0.3, -0.25) is 4.79 Å². The zero-order valence-electron chi connectivity index (χ0n) is 9.37. The van der Waals surface area contributed by atoms with E-state index in [-0.39, 0.29) is 5.91 Å². The lowest BCUT2D eigenvalue weighted by atomic mass is 9.76. The standard InChI is InChI=1S/C11H20N2OS/c1-2-9-8-13(6-7-15-9)10(14)11(12)4-3-5-11/h9H,2-8,12H2,1H3. The first kappa shape index (κ1) is 11.3. The van der Waals surface area contributed by atoms with Gasteiger partial charge in [0.2, 0.25) is 5.91 Å². The summed E-state index contributed by atoms with van der Waals surface area (Å²) in [6.45, 7) is 3.98. The van der Waals surface area contributed by atoms with Crippen molar-refractivity contribution in [3.05, 3.63) is 0 Å². The molecule has 1 saturated carbocycles. The maximum Gasteiger partial charge on any atom is 0.242 e. The number of hydrogen-bond acceptors (Lipinski definition) is 3. The third-order valence-electron chi connectivity index (χ3n) is 3.55. The Kier molecular flexibility index (Phi) is 3.26. The first-order valence-corrected chi connectivity index (χ1v) is 6.90. The number of carbonyl (C=O) groups is 1. The van der Waals surface area contributed by atoms with Gasteiger partial charge in [0.15, 0.2) is 0 Å². The van der Waals surface area contributed by atoms with Crippen molar-refractivity contribution in [2.75, 3.05) is 18.8 Å².